The fourth-order valence-corrected chi connectivity index (χ4v) is 3.82. The molecule has 0 aliphatic carbocycles. The number of thiophene rings is 1. The first-order valence-electron chi connectivity index (χ1n) is 8.09. The molecule has 0 aliphatic rings. The molecule has 0 radical (unpaired) electrons. The number of hydrogen-bond acceptors (Lipinski definition) is 5. The van der Waals surface area contributed by atoms with Crippen LogP contribution in [0.2, 0.25) is 0 Å². The minimum Gasteiger partial charge on any atom is -0.491 e. The topological polar surface area (TPSA) is 51.2 Å². The maximum atomic E-state index is 12.1. The van der Waals surface area contributed by atoms with E-state index in [1.807, 2.05) is 54.9 Å². The van der Waals surface area contributed by atoms with Crippen molar-refractivity contribution in [1.29, 1.82) is 0 Å². The summed E-state index contributed by atoms with van der Waals surface area (Å²) in [6.45, 7) is 4.50. The number of nitrogens with one attached hydrogen (secondary N) is 1. The summed E-state index contributed by atoms with van der Waals surface area (Å²) in [6.07, 6.45) is 0.456. The average Bonchev–Trinajstić information content (AvgIpc) is 3.25. The van der Waals surface area contributed by atoms with Crippen LogP contribution < -0.4 is 10.1 Å². The van der Waals surface area contributed by atoms with E-state index in [1.54, 1.807) is 22.7 Å². The molecule has 0 unspecified atom stereocenters. The van der Waals surface area contributed by atoms with Crippen LogP contribution in [0.15, 0.2) is 46.5 Å². The summed E-state index contributed by atoms with van der Waals surface area (Å²) in [5.41, 5.74) is 2.97. The lowest BCUT2D eigenvalue weighted by molar-refractivity contribution is -0.120. The van der Waals surface area contributed by atoms with E-state index >= 15 is 0 Å². The first-order chi connectivity index (χ1) is 12.1. The van der Waals surface area contributed by atoms with Crippen LogP contribution >= 0.6 is 22.7 Å². The predicted molar refractivity (Wildman–Crippen MR) is 103 cm³/mol. The highest BCUT2D eigenvalue weighted by Gasteiger charge is 2.09. The zero-order valence-corrected chi connectivity index (χ0v) is 15.8. The lowest BCUT2D eigenvalue weighted by Crippen LogP contribution is -2.24. The van der Waals surface area contributed by atoms with E-state index in [9.17, 15) is 4.79 Å². The van der Waals surface area contributed by atoms with Gasteiger partial charge in [0.05, 0.1) is 18.2 Å². The number of ether oxygens (including phenoxy) is 1. The molecule has 0 atom stereocenters. The molecule has 0 fully saturated rings. The van der Waals surface area contributed by atoms with E-state index in [2.05, 4.69) is 15.7 Å². The van der Waals surface area contributed by atoms with E-state index < -0.39 is 0 Å². The second-order valence-electron chi connectivity index (χ2n) is 5.92. The Labute approximate surface area is 155 Å². The highest BCUT2D eigenvalue weighted by Crippen LogP contribution is 2.25. The molecular formula is C19H20N2O2S2. The van der Waals surface area contributed by atoms with Crippen LogP contribution in [-0.2, 0) is 17.8 Å². The molecule has 4 nitrogen and oxygen atoms in total. The standard InChI is InChI=1S/C19H20N2O2S2/c1-13(2)23-17-5-3-14(4-6-17)10-20-18(22)9-16-12-25-19(21-16)15-7-8-24-11-15/h3-8,11-13H,9-10H2,1-2H3,(H,20,22). The molecule has 1 N–H and O–H groups in total. The van der Waals surface area contributed by atoms with Gasteiger partial charge in [0.25, 0.3) is 0 Å². The van der Waals surface area contributed by atoms with Crippen molar-refractivity contribution in [2.24, 2.45) is 0 Å². The quantitative estimate of drug-likeness (QED) is 0.663. The smallest absolute Gasteiger partial charge is 0.226 e. The highest BCUT2D eigenvalue weighted by molar-refractivity contribution is 7.14. The molecule has 2 heterocycles. The Morgan fingerprint density at radius 2 is 2.00 bits per heavy atom. The van der Waals surface area contributed by atoms with Crippen molar-refractivity contribution in [2.75, 3.05) is 0 Å². The van der Waals surface area contributed by atoms with Crippen LogP contribution in [0.5, 0.6) is 5.75 Å². The van der Waals surface area contributed by atoms with Gasteiger partial charge in [-0.15, -0.1) is 11.3 Å². The fourth-order valence-electron chi connectivity index (χ4n) is 2.29. The summed E-state index contributed by atoms with van der Waals surface area (Å²) in [6, 6.07) is 9.83. The molecule has 0 saturated heterocycles. The van der Waals surface area contributed by atoms with Crippen LogP contribution in [0.25, 0.3) is 10.6 Å². The Morgan fingerprint density at radius 3 is 2.68 bits per heavy atom. The number of carbonyl (C=O) groups is 1. The maximum Gasteiger partial charge on any atom is 0.226 e. The molecule has 3 aromatic rings. The zero-order valence-electron chi connectivity index (χ0n) is 14.2. The molecule has 1 amide bonds. The molecule has 130 valence electrons. The highest BCUT2D eigenvalue weighted by atomic mass is 32.1. The van der Waals surface area contributed by atoms with Crippen LogP contribution in [0, 0.1) is 0 Å². The van der Waals surface area contributed by atoms with Crippen molar-refractivity contribution < 1.29 is 9.53 Å². The number of aromatic nitrogens is 1. The van der Waals surface area contributed by atoms with Gasteiger partial charge in [-0.2, -0.15) is 11.3 Å². The third-order valence-corrected chi connectivity index (χ3v) is 5.07. The Kier molecular flexibility index (Phi) is 5.83. The second kappa shape index (κ2) is 8.27. The molecule has 6 heteroatoms. The van der Waals surface area contributed by atoms with Crippen molar-refractivity contribution >= 4 is 28.6 Å². The molecule has 25 heavy (non-hydrogen) atoms. The van der Waals surface area contributed by atoms with Crippen molar-refractivity contribution in [3.05, 3.63) is 57.7 Å². The van der Waals surface area contributed by atoms with E-state index in [-0.39, 0.29) is 12.0 Å². The molecule has 1 aromatic carbocycles. The van der Waals surface area contributed by atoms with Crippen molar-refractivity contribution in [2.45, 2.75) is 32.9 Å². The first kappa shape index (κ1) is 17.6. The summed E-state index contributed by atoms with van der Waals surface area (Å²) in [4.78, 5) is 16.7. The van der Waals surface area contributed by atoms with Crippen LogP contribution in [-0.4, -0.2) is 17.0 Å². The fraction of sp³-hybridized carbons (Fsp3) is 0.263. The lowest BCUT2D eigenvalue weighted by Gasteiger charge is -2.10. The third kappa shape index (κ3) is 5.14. The molecule has 0 bridgehead atoms. The van der Waals surface area contributed by atoms with Gasteiger partial charge < -0.3 is 10.1 Å². The van der Waals surface area contributed by atoms with Crippen LogP contribution in [0.3, 0.4) is 0 Å². The number of benzene rings is 1. The van der Waals surface area contributed by atoms with Gasteiger partial charge in [0.1, 0.15) is 10.8 Å². The molecular weight excluding hydrogens is 352 g/mol. The first-order valence-corrected chi connectivity index (χ1v) is 9.91. The number of hydrogen-bond donors (Lipinski definition) is 1. The van der Waals surface area contributed by atoms with E-state index in [0.29, 0.717) is 13.0 Å². The molecule has 0 spiro atoms. The van der Waals surface area contributed by atoms with Gasteiger partial charge in [0, 0.05) is 22.9 Å². The Balaban J connectivity index is 1.49. The number of amides is 1. The largest absolute Gasteiger partial charge is 0.491 e. The van der Waals surface area contributed by atoms with E-state index in [0.717, 1.165) is 27.6 Å². The zero-order chi connectivity index (χ0) is 17.6. The second-order valence-corrected chi connectivity index (χ2v) is 7.56. The summed E-state index contributed by atoms with van der Waals surface area (Å²) < 4.78 is 5.61. The minimum atomic E-state index is -0.0234. The molecule has 3 rings (SSSR count). The van der Waals surface area contributed by atoms with Crippen molar-refractivity contribution in [3.8, 4) is 16.3 Å². The number of carbonyl (C=O) groups excluding carboxylic acids is 1. The van der Waals surface area contributed by atoms with Gasteiger partial charge in [-0.1, -0.05) is 12.1 Å². The lowest BCUT2D eigenvalue weighted by atomic mass is 10.2. The summed E-state index contributed by atoms with van der Waals surface area (Å²) in [5, 5.41) is 9.94. The Hall–Kier alpha value is -2.18. The van der Waals surface area contributed by atoms with Gasteiger partial charge in [0.2, 0.25) is 5.91 Å². The van der Waals surface area contributed by atoms with Gasteiger partial charge in [-0.05, 0) is 43.0 Å². The molecule has 2 aromatic heterocycles. The Bertz CT molecular complexity index is 808. The number of thiazole rings is 1. The molecule has 0 saturated carbocycles. The van der Waals surface area contributed by atoms with Crippen molar-refractivity contribution in [3.63, 3.8) is 0 Å². The summed E-state index contributed by atoms with van der Waals surface area (Å²) in [7, 11) is 0. The Morgan fingerprint density at radius 1 is 1.20 bits per heavy atom. The van der Waals surface area contributed by atoms with Crippen molar-refractivity contribution in [1.82, 2.24) is 10.3 Å². The molecule has 0 aliphatic heterocycles. The normalized spacial score (nSPS) is 10.8. The van der Waals surface area contributed by atoms with Gasteiger partial charge in [0.15, 0.2) is 0 Å². The van der Waals surface area contributed by atoms with E-state index in [4.69, 9.17) is 4.74 Å². The van der Waals surface area contributed by atoms with Gasteiger partial charge in [-0.3, -0.25) is 4.79 Å². The number of rotatable bonds is 7. The van der Waals surface area contributed by atoms with Gasteiger partial charge in [-0.25, -0.2) is 4.98 Å². The maximum absolute atomic E-state index is 12.1. The minimum absolute atomic E-state index is 0.0234. The SMILES string of the molecule is CC(C)Oc1ccc(CNC(=O)Cc2csc(-c3ccsc3)n2)cc1. The van der Waals surface area contributed by atoms with Crippen LogP contribution in [0.1, 0.15) is 25.1 Å². The third-order valence-electron chi connectivity index (χ3n) is 3.45. The number of nitrogens with zero attached hydrogens (tertiary/aromatic N) is 1. The van der Waals surface area contributed by atoms with Crippen LogP contribution in [0.4, 0.5) is 0 Å². The average molecular weight is 373 g/mol. The predicted octanol–water partition coefficient (Wildman–Crippen LogP) is 4.52. The summed E-state index contributed by atoms with van der Waals surface area (Å²) in [5.74, 6) is 0.818. The van der Waals surface area contributed by atoms with E-state index in [1.165, 1.54) is 0 Å². The van der Waals surface area contributed by atoms with Gasteiger partial charge >= 0.3 is 0 Å². The monoisotopic (exact) mass is 372 g/mol. The summed E-state index contributed by atoms with van der Waals surface area (Å²) >= 11 is 3.22.